The molecule has 0 unspecified atom stereocenters. The zero-order chi connectivity index (χ0) is 19.1. The Morgan fingerprint density at radius 2 is 1.88 bits per heavy atom. The van der Waals surface area contributed by atoms with Gasteiger partial charge in [-0.3, -0.25) is 14.4 Å². The average Bonchev–Trinajstić information content (AvgIpc) is 3.11. The molecule has 1 aliphatic carbocycles. The first-order chi connectivity index (χ1) is 12.2. The normalized spacial score (nSPS) is 25.1. The molecule has 9 heteroatoms. The third kappa shape index (κ3) is 3.07. The molecule has 3 rings (SSSR count). The van der Waals surface area contributed by atoms with Gasteiger partial charge in [-0.1, -0.05) is 6.42 Å². The molecule has 0 radical (unpaired) electrons. The third-order valence-corrected chi connectivity index (χ3v) is 7.03. The number of primary amides is 1. The Labute approximate surface area is 150 Å². The molecule has 2 aliphatic rings. The molecular weight excluding hydrogens is 360 g/mol. The number of aliphatic carboxylic acids is 1. The molecule has 2 amide bonds. The number of carbonyl (C=O) groups is 3. The van der Waals surface area contributed by atoms with Crippen LogP contribution in [0.4, 0.5) is 0 Å². The van der Waals surface area contributed by atoms with Crippen molar-refractivity contribution in [3.8, 4) is 0 Å². The van der Waals surface area contributed by atoms with Gasteiger partial charge in [0.1, 0.15) is 5.75 Å². The molecule has 2 atom stereocenters. The zero-order valence-corrected chi connectivity index (χ0v) is 14.9. The predicted octanol–water partition coefficient (Wildman–Crippen LogP) is 0.273. The SMILES string of the molecule is NC(=O)CS(=O)(=O)c1ccc(C(=O)N2C[C@@H]3CCC[C@@]3(C(=O)O)C2)cc1. The fraction of sp³-hybridized carbons (Fsp3) is 0.471. The van der Waals surface area contributed by atoms with E-state index in [2.05, 4.69) is 0 Å². The van der Waals surface area contributed by atoms with Gasteiger partial charge in [-0.05, 0) is 43.0 Å². The van der Waals surface area contributed by atoms with Crippen LogP contribution in [0, 0.1) is 11.3 Å². The number of carbonyl (C=O) groups excluding carboxylic acids is 2. The standard InChI is InChI=1S/C17H20N2O6S/c18-14(20)9-26(24,25)13-5-3-11(4-6-13)15(21)19-8-12-2-1-7-17(12,10-19)16(22)23/h3-6,12H,1-2,7-10H2,(H2,18,20)(H,22,23)/t12-,17+/m0/s1. The van der Waals surface area contributed by atoms with Gasteiger partial charge in [0, 0.05) is 18.7 Å². The van der Waals surface area contributed by atoms with Crippen LogP contribution in [-0.2, 0) is 19.4 Å². The Balaban J connectivity index is 1.78. The third-order valence-electron chi connectivity index (χ3n) is 5.38. The number of benzene rings is 1. The summed E-state index contributed by atoms with van der Waals surface area (Å²) >= 11 is 0. The minimum Gasteiger partial charge on any atom is -0.481 e. The lowest BCUT2D eigenvalue weighted by Gasteiger charge is -2.23. The number of nitrogens with two attached hydrogens (primary N) is 1. The Hall–Kier alpha value is -2.42. The van der Waals surface area contributed by atoms with E-state index in [0.29, 0.717) is 13.0 Å². The van der Waals surface area contributed by atoms with Crippen LogP contribution in [0.1, 0.15) is 29.6 Å². The van der Waals surface area contributed by atoms with Crippen molar-refractivity contribution in [1.29, 1.82) is 0 Å². The van der Waals surface area contributed by atoms with E-state index in [9.17, 15) is 27.9 Å². The van der Waals surface area contributed by atoms with Gasteiger partial charge in [0.05, 0.1) is 10.3 Å². The molecule has 1 heterocycles. The van der Waals surface area contributed by atoms with E-state index < -0.39 is 32.9 Å². The van der Waals surface area contributed by atoms with Crippen molar-refractivity contribution in [1.82, 2.24) is 4.90 Å². The van der Waals surface area contributed by atoms with Crippen molar-refractivity contribution >= 4 is 27.6 Å². The van der Waals surface area contributed by atoms with Crippen molar-refractivity contribution in [2.45, 2.75) is 24.2 Å². The van der Waals surface area contributed by atoms with E-state index in [0.717, 1.165) is 12.8 Å². The summed E-state index contributed by atoms with van der Waals surface area (Å²) in [6.07, 6.45) is 2.22. The van der Waals surface area contributed by atoms with Gasteiger partial charge in [0.2, 0.25) is 5.91 Å². The fourth-order valence-corrected chi connectivity index (χ4v) is 5.14. The Bertz CT molecular complexity index is 864. The molecule has 1 saturated carbocycles. The molecule has 1 aromatic carbocycles. The average molecular weight is 380 g/mol. The minimum atomic E-state index is -3.83. The highest BCUT2D eigenvalue weighted by atomic mass is 32.2. The molecule has 1 aromatic rings. The fourth-order valence-electron chi connectivity index (χ4n) is 4.05. The van der Waals surface area contributed by atoms with Gasteiger partial charge in [0.25, 0.3) is 5.91 Å². The van der Waals surface area contributed by atoms with Gasteiger partial charge < -0.3 is 15.7 Å². The quantitative estimate of drug-likeness (QED) is 0.753. The second-order valence-corrected chi connectivity index (χ2v) is 8.98. The number of nitrogens with zero attached hydrogens (tertiary/aromatic N) is 1. The number of amides is 2. The molecule has 0 bridgehead atoms. The van der Waals surface area contributed by atoms with E-state index in [1.54, 1.807) is 0 Å². The summed E-state index contributed by atoms with van der Waals surface area (Å²) in [7, 11) is -3.83. The second kappa shape index (κ2) is 6.39. The van der Waals surface area contributed by atoms with Crippen LogP contribution in [0.5, 0.6) is 0 Å². The van der Waals surface area contributed by atoms with Gasteiger partial charge in [0.15, 0.2) is 9.84 Å². The monoisotopic (exact) mass is 380 g/mol. The Morgan fingerprint density at radius 1 is 1.23 bits per heavy atom. The van der Waals surface area contributed by atoms with Crippen LogP contribution in [0.2, 0.25) is 0 Å². The number of carboxylic acid groups (broad SMARTS) is 1. The highest BCUT2D eigenvalue weighted by Crippen LogP contribution is 2.49. The first kappa shape index (κ1) is 18.4. The van der Waals surface area contributed by atoms with Crippen molar-refractivity contribution in [3.63, 3.8) is 0 Å². The first-order valence-electron chi connectivity index (χ1n) is 8.29. The highest BCUT2D eigenvalue weighted by molar-refractivity contribution is 7.92. The summed E-state index contributed by atoms with van der Waals surface area (Å²) in [5, 5.41) is 9.60. The predicted molar refractivity (Wildman–Crippen MR) is 91.0 cm³/mol. The molecular formula is C17H20N2O6S. The highest BCUT2D eigenvalue weighted by Gasteiger charge is 2.55. The van der Waals surface area contributed by atoms with Crippen LogP contribution < -0.4 is 5.73 Å². The molecule has 0 aromatic heterocycles. The molecule has 1 aliphatic heterocycles. The lowest BCUT2D eigenvalue weighted by molar-refractivity contribution is -0.149. The van der Waals surface area contributed by atoms with Crippen LogP contribution in [-0.4, -0.2) is 55.1 Å². The molecule has 26 heavy (non-hydrogen) atoms. The van der Waals surface area contributed by atoms with Crippen LogP contribution in [0.3, 0.4) is 0 Å². The second-order valence-electron chi connectivity index (χ2n) is 6.99. The van der Waals surface area contributed by atoms with Crippen LogP contribution >= 0.6 is 0 Å². The van der Waals surface area contributed by atoms with Gasteiger partial charge in [-0.15, -0.1) is 0 Å². The number of fused-ring (bicyclic) bond motifs is 1. The maximum absolute atomic E-state index is 12.7. The maximum Gasteiger partial charge on any atom is 0.311 e. The summed E-state index contributed by atoms with van der Waals surface area (Å²) in [5.41, 5.74) is 4.35. The van der Waals surface area contributed by atoms with Crippen molar-refractivity contribution in [2.24, 2.45) is 17.1 Å². The smallest absolute Gasteiger partial charge is 0.311 e. The van der Waals surface area contributed by atoms with E-state index in [4.69, 9.17) is 5.73 Å². The summed E-state index contributed by atoms with van der Waals surface area (Å²) < 4.78 is 23.9. The molecule has 1 saturated heterocycles. The lowest BCUT2D eigenvalue weighted by atomic mass is 9.81. The molecule has 2 fully saturated rings. The van der Waals surface area contributed by atoms with Gasteiger partial charge in [-0.25, -0.2) is 8.42 Å². The Kier molecular flexibility index (Phi) is 4.51. The number of likely N-dealkylation sites (tertiary alicyclic amines) is 1. The summed E-state index contributed by atoms with van der Waals surface area (Å²) in [6, 6.07) is 5.26. The minimum absolute atomic E-state index is 0.0424. The van der Waals surface area contributed by atoms with E-state index >= 15 is 0 Å². The van der Waals surface area contributed by atoms with E-state index in [1.807, 2.05) is 0 Å². The molecule has 140 valence electrons. The van der Waals surface area contributed by atoms with Gasteiger partial charge >= 0.3 is 5.97 Å². The number of carboxylic acids is 1. The van der Waals surface area contributed by atoms with Crippen molar-refractivity contribution in [2.75, 3.05) is 18.8 Å². The zero-order valence-electron chi connectivity index (χ0n) is 14.1. The number of hydrogen-bond acceptors (Lipinski definition) is 5. The summed E-state index contributed by atoms with van der Waals surface area (Å²) in [5.74, 6) is -2.97. The van der Waals surface area contributed by atoms with Crippen LogP contribution in [0.25, 0.3) is 0 Å². The van der Waals surface area contributed by atoms with Crippen LogP contribution in [0.15, 0.2) is 29.2 Å². The largest absolute Gasteiger partial charge is 0.481 e. The lowest BCUT2D eigenvalue weighted by Crippen LogP contribution is -2.37. The summed E-state index contributed by atoms with van der Waals surface area (Å²) in [4.78, 5) is 36.7. The Morgan fingerprint density at radius 3 is 2.42 bits per heavy atom. The molecule has 3 N–H and O–H groups in total. The van der Waals surface area contributed by atoms with Crippen molar-refractivity contribution < 1.29 is 27.9 Å². The number of sulfone groups is 1. The van der Waals surface area contributed by atoms with E-state index in [-0.39, 0.29) is 28.8 Å². The topological polar surface area (TPSA) is 135 Å². The molecule has 8 nitrogen and oxygen atoms in total. The van der Waals surface area contributed by atoms with E-state index in [1.165, 1.54) is 29.2 Å². The molecule has 0 spiro atoms. The van der Waals surface area contributed by atoms with Crippen molar-refractivity contribution in [3.05, 3.63) is 29.8 Å². The number of rotatable bonds is 5. The first-order valence-corrected chi connectivity index (χ1v) is 9.95. The summed E-state index contributed by atoms with van der Waals surface area (Å²) in [6.45, 7) is 0.570. The van der Waals surface area contributed by atoms with Gasteiger partial charge in [-0.2, -0.15) is 0 Å². The number of hydrogen-bond donors (Lipinski definition) is 2. The maximum atomic E-state index is 12.7.